The van der Waals surface area contributed by atoms with Crippen molar-refractivity contribution >= 4 is 40.9 Å². The largest absolute Gasteiger partial charge is 0.378 e. The van der Waals surface area contributed by atoms with Gasteiger partial charge in [-0.2, -0.15) is 4.98 Å². The Bertz CT molecular complexity index is 1100. The van der Waals surface area contributed by atoms with E-state index in [0.29, 0.717) is 18.2 Å². The lowest BCUT2D eigenvalue weighted by atomic mass is 10.1. The van der Waals surface area contributed by atoms with Gasteiger partial charge in [-0.25, -0.2) is 9.97 Å². The third-order valence-corrected chi connectivity index (χ3v) is 7.02. The SMILES string of the molecule is CSc1cccc(-c2cc(N3CCN(c4ncccc4Cl)CC3)nc(N3CCOCC3)n2)c1. The van der Waals surface area contributed by atoms with Crippen LogP contribution in [0.3, 0.4) is 0 Å². The third kappa shape index (κ3) is 5.03. The van der Waals surface area contributed by atoms with Gasteiger partial charge in [0.15, 0.2) is 0 Å². The predicted molar refractivity (Wildman–Crippen MR) is 136 cm³/mol. The molecule has 3 aromatic rings. The van der Waals surface area contributed by atoms with Crippen LogP contribution in [0.25, 0.3) is 11.3 Å². The second-order valence-electron chi connectivity index (χ2n) is 8.03. The van der Waals surface area contributed by atoms with Crippen molar-refractivity contribution in [3.63, 3.8) is 0 Å². The Balaban J connectivity index is 1.43. The van der Waals surface area contributed by atoms with Gasteiger partial charge in [-0.3, -0.25) is 0 Å². The Hall–Kier alpha value is -2.55. The molecule has 2 aliphatic rings. The highest BCUT2D eigenvalue weighted by Gasteiger charge is 2.23. The number of thioether (sulfide) groups is 1. The Morgan fingerprint density at radius 2 is 1.67 bits per heavy atom. The molecule has 0 N–H and O–H groups in total. The molecular formula is C24H27ClN6OS. The van der Waals surface area contributed by atoms with Crippen LogP contribution >= 0.6 is 23.4 Å². The number of rotatable bonds is 5. The zero-order chi connectivity index (χ0) is 22.6. The second kappa shape index (κ2) is 10.2. The van der Waals surface area contributed by atoms with Gasteiger partial charge in [0.05, 0.1) is 23.9 Å². The lowest BCUT2D eigenvalue weighted by Crippen LogP contribution is -2.47. The first-order chi connectivity index (χ1) is 16.2. The van der Waals surface area contributed by atoms with Crippen molar-refractivity contribution in [3.8, 4) is 11.3 Å². The first kappa shape index (κ1) is 22.3. The summed E-state index contributed by atoms with van der Waals surface area (Å²) < 4.78 is 5.54. The van der Waals surface area contributed by atoms with E-state index in [4.69, 9.17) is 26.3 Å². The minimum Gasteiger partial charge on any atom is -0.378 e. The normalized spacial score (nSPS) is 16.8. The minimum atomic E-state index is 0.693. The molecule has 2 aliphatic heterocycles. The number of aromatic nitrogens is 3. The predicted octanol–water partition coefficient (Wildman–Crippen LogP) is 4.08. The van der Waals surface area contributed by atoms with Gasteiger partial charge in [0, 0.05) is 62.0 Å². The second-order valence-corrected chi connectivity index (χ2v) is 9.31. The number of nitrogens with zero attached hydrogens (tertiary/aromatic N) is 6. The van der Waals surface area contributed by atoms with Gasteiger partial charge in [-0.05, 0) is 30.5 Å². The van der Waals surface area contributed by atoms with E-state index in [1.807, 2.05) is 12.1 Å². The number of hydrogen-bond acceptors (Lipinski definition) is 8. The van der Waals surface area contributed by atoms with Gasteiger partial charge < -0.3 is 19.4 Å². The van der Waals surface area contributed by atoms with Gasteiger partial charge in [-0.15, -0.1) is 11.8 Å². The Kier molecular flexibility index (Phi) is 6.85. The van der Waals surface area contributed by atoms with E-state index in [2.05, 4.69) is 56.3 Å². The van der Waals surface area contributed by atoms with Gasteiger partial charge >= 0.3 is 0 Å². The number of anilines is 3. The summed E-state index contributed by atoms with van der Waals surface area (Å²) in [7, 11) is 0. The lowest BCUT2D eigenvalue weighted by molar-refractivity contribution is 0.122. The summed E-state index contributed by atoms with van der Waals surface area (Å²) in [4.78, 5) is 22.4. The average molecular weight is 483 g/mol. The molecule has 0 spiro atoms. The molecule has 2 aromatic heterocycles. The monoisotopic (exact) mass is 482 g/mol. The summed E-state index contributed by atoms with van der Waals surface area (Å²) in [5.74, 6) is 2.59. The highest BCUT2D eigenvalue weighted by atomic mass is 35.5. The zero-order valence-corrected chi connectivity index (χ0v) is 20.2. The summed E-state index contributed by atoms with van der Waals surface area (Å²) in [6.45, 7) is 6.38. The summed E-state index contributed by atoms with van der Waals surface area (Å²) in [5.41, 5.74) is 2.06. The van der Waals surface area contributed by atoms with Crippen LogP contribution in [-0.4, -0.2) is 73.7 Å². The number of ether oxygens (including phenoxy) is 1. The molecule has 4 heterocycles. The molecule has 0 atom stereocenters. The summed E-state index contributed by atoms with van der Waals surface area (Å²) >= 11 is 8.11. The van der Waals surface area contributed by atoms with Gasteiger partial charge in [0.25, 0.3) is 0 Å². The van der Waals surface area contributed by atoms with Crippen molar-refractivity contribution in [3.05, 3.63) is 53.7 Å². The fourth-order valence-corrected chi connectivity index (χ4v) is 4.88. The molecule has 2 saturated heterocycles. The molecule has 0 bridgehead atoms. The van der Waals surface area contributed by atoms with Crippen molar-refractivity contribution in [2.24, 2.45) is 0 Å². The number of hydrogen-bond donors (Lipinski definition) is 0. The number of pyridine rings is 1. The Labute approximate surface area is 203 Å². The van der Waals surface area contributed by atoms with E-state index in [0.717, 1.165) is 68.1 Å². The smallest absolute Gasteiger partial charge is 0.228 e. The third-order valence-electron chi connectivity index (χ3n) is 6.00. The molecule has 1 aromatic carbocycles. The molecule has 0 unspecified atom stereocenters. The van der Waals surface area contributed by atoms with Crippen LogP contribution in [0.2, 0.25) is 5.02 Å². The minimum absolute atomic E-state index is 0.693. The highest BCUT2D eigenvalue weighted by Crippen LogP contribution is 2.29. The molecule has 0 saturated carbocycles. The van der Waals surface area contributed by atoms with Crippen LogP contribution in [0, 0.1) is 0 Å². The fourth-order valence-electron chi connectivity index (χ4n) is 4.18. The number of morpholine rings is 1. The molecular weight excluding hydrogens is 456 g/mol. The molecule has 2 fully saturated rings. The van der Waals surface area contributed by atoms with Gasteiger partial charge in [-0.1, -0.05) is 23.7 Å². The van der Waals surface area contributed by atoms with Crippen LogP contribution in [0.5, 0.6) is 0 Å². The highest BCUT2D eigenvalue weighted by molar-refractivity contribution is 7.98. The number of benzene rings is 1. The van der Waals surface area contributed by atoms with Gasteiger partial charge in [0.2, 0.25) is 5.95 Å². The van der Waals surface area contributed by atoms with E-state index in [1.54, 1.807) is 18.0 Å². The fraction of sp³-hybridized carbons (Fsp3) is 0.375. The summed E-state index contributed by atoms with van der Waals surface area (Å²) in [5, 5.41) is 0.693. The maximum absolute atomic E-state index is 6.38. The van der Waals surface area contributed by atoms with Crippen molar-refractivity contribution in [2.75, 3.05) is 73.4 Å². The van der Waals surface area contributed by atoms with Crippen LogP contribution in [0.4, 0.5) is 17.6 Å². The molecule has 0 aliphatic carbocycles. The van der Waals surface area contributed by atoms with Gasteiger partial charge in [0.1, 0.15) is 11.6 Å². The number of halogens is 1. The van der Waals surface area contributed by atoms with E-state index in [-0.39, 0.29) is 0 Å². The molecule has 172 valence electrons. The number of piperazine rings is 1. The average Bonchev–Trinajstić information content (AvgIpc) is 2.89. The van der Waals surface area contributed by atoms with E-state index >= 15 is 0 Å². The van der Waals surface area contributed by atoms with Crippen molar-refractivity contribution < 1.29 is 4.74 Å². The molecule has 7 nitrogen and oxygen atoms in total. The van der Waals surface area contributed by atoms with Crippen molar-refractivity contribution in [2.45, 2.75) is 4.90 Å². The van der Waals surface area contributed by atoms with E-state index in [1.165, 1.54) is 4.90 Å². The van der Waals surface area contributed by atoms with E-state index < -0.39 is 0 Å². The van der Waals surface area contributed by atoms with Crippen LogP contribution in [-0.2, 0) is 4.74 Å². The first-order valence-electron chi connectivity index (χ1n) is 11.2. The van der Waals surface area contributed by atoms with Crippen molar-refractivity contribution in [1.29, 1.82) is 0 Å². The molecule has 5 rings (SSSR count). The topological polar surface area (TPSA) is 57.6 Å². The van der Waals surface area contributed by atoms with Crippen LogP contribution < -0.4 is 14.7 Å². The van der Waals surface area contributed by atoms with Crippen LogP contribution in [0.1, 0.15) is 0 Å². The lowest BCUT2D eigenvalue weighted by Gasteiger charge is -2.37. The Morgan fingerprint density at radius 3 is 2.42 bits per heavy atom. The molecule has 33 heavy (non-hydrogen) atoms. The summed E-state index contributed by atoms with van der Waals surface area (Å²) in [6.07, 6.45) is 3.89. The molecule has 0 amide bonds. The molecule has 0 radical (unpaired) electrons. The summed E-state index contributed by atoms with van der Waals surface area (Å²) in [6, 6.07) is 14.4. The Morgan fingerprint density at radius 1 is 0.879 bits per heavy atom. The first-order valence-corrected chi connectivity index (χ1v) is 12.8. The maximum atomic E-state index is 6.38. The molecule has 9 heteroatoms. The van der Waals surface area contributed by atoms with E-state index in [9.17, 15) is 0 Å². The standard InChI is InChI=1S/C24H27ClN6OS/c1-33-19-5-2-4-18(16-19)21-17-22(28-24(27-21)31-12-14-32-15-13-31)29-8-10-30(11-9-29)23-20(25)6-3-7-26-23/h2-7,16-17H,8-15H2,1H3. The van der Waals surface area contributed by atoms with Crippen LogP contribution in [0.15, 0.2) is 53.6 Å². The maximum Gasteiger partial charge on any atom is 0.228 e. The van der Waals surface area contributed by atoms with Crippen molar-refractivity contribution in [1.82, 2.24) is 15.0 Å². The zero-order valence-electron chi connectivity index (χ0n) is 18.7. The quantitative estimate of drug-likeness (QED) is 0.504.